The molecule has 3 aliphatic rings. The van der Waals surface area contributed by atoms with Gasteiger partial charge in [0.25, 0.3) is 0 Å². The fraction of sp³-hybridized carbons (Fsp3) is 0.867. The molecule has 0 aromatic carbocycles. The molecule has 1 saturated carbocycles. The maximum absolute atomic E-state index is 12.6. The van der Waals surface area contributed by atoms with E-state index >= 15 is 0 Å². The van der Waals surface area contributed by atoms with Crippen molar-refractivity contribution < 1.29 is 14.3 Å². The van der Waals surface area contributed by atoms with Gasteiger partial charge in [0.2, 0.25) is 5.91 Å². The number of rotatable bonds is 0. The summed E-state index contributed by atoms with van der Waals surface area (Å²) in [5.41, 5.74) is -0.698. The quantitative estimate of drug-likeness (QED) is 0.666. The van der Waals surface area contributed by atoms with Crippen LogP contribution in [-0.2, 0) is 9.53 Å². The minimum Gasteiger partial charge on any atom is -0.444 e. The Labute approximate surface area is 126 Å². The Morgan fingerprint density at radius 3 is 2.48 bits per heavy atom. The molecule has 2 heterocycles. The van der Waals surface area contributed by atoms with E-state index in [0.717, 1.165) is 19.4 Å². The zero-order chi connectivity index (χ0) is 15.4. The van der Waals surface area contributed by atoms with E-state index in [1.807, 2.05) is 32.7 Å². The van der Waals surface area contributed by atoms with Crippen LogP contribution in [0.15, 0.2) is 0 Å². The first-order chi connectivity index (χ1) is 9.73. The average Bonchev–Trinajstić information content (AvgIpc) is 3.15. The molecule has 3 rings (SSSR count). The van der Waals surface area contributed by atoms with Gasteiger partial charge >= 0.3 is 6.09 Å². The molecule has 1 spiro atoms. The van der Waals surface area contributed by atoms with Crippen molar-refractivity contribution in [1.82, 2.24) is 14.7 Å². The van der Waals surface area contributed by atoms with Crippen LogP contribution in [-0.4, -0.2) is 77.1 Å². The fourth-order valence-electron chi connectivity index (χ4n) is 3.41. The minimum atomic E-state index is -0.481. The van der Waals surface area contributed by atoms with Gasteiger partial charge in [-0.15, -0.1) is 0 Å². The maximum atomic E-state index is 12.6. The Morgan fingerprint density at radius 2 is 1.90 bits per heavy atom. The summed E-state index contributed by atoms with van der Waals surface area (Å²) in [5, 5.41) is 0. The number of likely N-dealkylation sites (N-methyl/N-ethyl adjacent to an activating group) is 1. The summed E-state index contributed by atoms with van der Waals surface area (Å²) in [5.74, 6) is 0.255. The molecule has 6 heteroatoms. The van der Waals surface area contributed by atoms with E-state index in [1.165, 1.54) is 0 Å². The van der Waals surface area contributed by atoms with Gasteiger partial charge in [0.1, 0.15) is 11.1 Å². The highest BCUT2D eigenvalue weighted by atomic mass is 16.6. The number of carbonyl (C=O) groups excluding carboxylic acids is 2. The molecule has 2 aliphatic heterocycles. The monoisotopic (exact) mass is 295 g/mol. The molecule has 1 atom stereocenters. The van der Waals surface area contributed by atoms with Gasteiger partial charge in [-0.2, -0.15) is 0 Å². The van der Waals surface area contributed by atoms with Crippen LogP contribution in [0.1, 0.15) is 33.6 Å². The number of carbonyl (C=O) groups is 2. The summed E-state index contributed by atoms with van der Waals surface area (Å²) in [6.07, 6.45) is 1.67. The van der Waals surface area contributed by atoms with Gasteiger partial charge in [-0.3, -0.25) is 9.69 Å². The van der Waals surface area contributed by atoms with Gasteiger partial charge in [-0.1, -0.05) is 0 Å². The van der Waals surface area contributed by atoms with Crippen LogP contribution in [0.4, 0.5) is 4.79 Å². The predicted molar refractivity (Wildman–Crippen MR) is 77.9 cm³/mol. The Bertz CT molecular complexity index is 467. The second kappa shape index (κ2) is 4.60. The molecule has 2 saturated heterocycles. The van der Waals surface area contributed by atoms with E-state index in [0.29, 0.717) is 19.6 Å². The number of piperazine rings is 2. The third-order valence-corrected chi connectivity index (χ3v) is 4.73. The number of hydrogen-bond acceptors (Lipinski definition) is 4. The summed E-state index contributed by atoms with van der Waals surface area (Å²) in [6, 6.07) is 0.0926. The number of amides is 2. The largest absolute Gasteiger partial charge is 0.444 e. The Kier molecular flexibility index (Phi) is 3.20. The SMILES string of the molecule is CN1CC2CN(C(=O)OC(C)(C)C)CCN2C(=O)C12CC2. The number of nitrogens with zero attached hydrogens (tertiary/aromatic N) is 3. The van der Waals surface area contributed by atoms with E-state index < -0.39 is 5.60 Å². The molecule has 0 aromatic heterocycles. The van der Waals surface area contributed by atoms with Crippen LogP contribution < -0.4 is 0 Å². The predicted octanol–water partition coefficient (Wildman–Crippen LogP) is 0.912. The van der Waals surface area contributed by atoms with Gasteiger partial charge in [0.15, 0.2) is 0 Å². The van der Waals surface area contributed by atoms with Gasteiger partial charge in [0.05, 0.1) is 6.04 Å². The molecule has 0 N–H and O–H groups in total. The highest BCUT2D eigenvalue weighted by molar-refractivity contribution is 5.90. The average molecular weight is 295 g/mol. The zero-order valence-electron chi connectivity index (χ0n) is 13.4. The van der Waals surface area contributed by atoms with Crippen LogP contribution in [0.2, 0.25) is 0 Å². The Balaban J connectivity index is 1.66. The van der Waals surface area contributed by atoms with E-state index in [4.69, 9.17) is 4.74 Å². The molecule has 2 amide bonds. The van der Waals surface area contributed by atoms with E-state index in [1.54, 1.807) is 4.90 Å². The lowest BCUT2D eigenvalue weighted by atomic mass is 10.0. The van der Waals surface area contributed by atoms with Crippen molar-refractivity contribution in [3.63, 3.8) is 0 Å². The van der Waals surface area contributed by atoms with Crippen LogP contribution >= 0.6 is 0 Å². The molecule has 1 aliphatic carbocycles. The molecule has 0 aromatic rings. The Hall–Kier alpha value is -1.30. The molecule has 1 unspecified atom stereocenters. The summed E-state index contributed by atoms with van der Waals surface area (Å²) in [4.78, 5) is 30.7. The van der Waals surface area contributed by atoms with Crippen molar-refractivity contribution in [1.29, 1.82) is 0 Å². The first kappa shape index (κ1) is 14.6. The number of ether oxygens (including phenoxy) is 1. The third kappa shape index (κ3) is 2.50. The second-order valence-corrected chi connectivity index (χ2v) is 7.49. The summed E-state index contributed by atoms with van der Waals surface area (Å²) < 4.78 is 5.43. The van der Waals surface area contributed by atoms with Crippen LogP contribution in [0.3, 0.4) is 0 Å². The van der Waals surface area contributed by atoms with Crippen molar-refractivity contribution in [2.45, 2.75) is 50.8 Å². The van der Waals surface area contributed by atoms with E-state index in [-0.39, 0.29) is 23.6 Å². The molecule has 118 valence electrons. The van der Waals surface area contributed by atoms with Crippen molar-refractivity contribution in [2.24, 2.45) is 0 Å². The highest BCUT2D eigenvalue weighted by Crippen LogP contribution is 2.45. The molecule has 3 fully saturated rings. The fourth-order valence-corrected chi connectivity index (χ4v) is 3.41. The maximum Gasteiger partial charge on any atom is 0.410 e. The molecule has 0 radical (unpaired) electrons. The molecule has 6 nitrogen and oxygen atoms in total. The van der Waals surface area contributed by atoms with E-state index in [9.17, 15) is 9.59 Å². The minimum absolute atomic E-state index is 0.0926. The van der Waals surface area contributed by atoms with E-state index in [2.05, 4.69) is 4.90 Å². The van der Waals surface area contributed by atoms with Gasteiger partial charge in [-0.25, -0.2) is 4.79 Å². The van der Waals surface area contributed by atoms with Gasteiger partial charge < -0.3 is 14.5 Å². The van der Waals surface area contributed by atoms with Crippen LogP contribution in [0, 0.1) is 0 Å². The van der Waals surface area contributed by atoms with Crippen LogP contribution in [0.5, 0.6) is 0 Å². The van der Waals surface area contributed by atoms with Crippen molar-refractivity contribution in [2.75, 3.05) is 33.2 Å². The van der Waals surface area contributed by atoms with Crippen molar-refractivity contribution >= 4 is 12.0 Å². The van der Waals surface area contributed by atoms with Crippen molar-refractivity contribution in [3.8, 4) is 0 Å². The highest BCUT2D eigenvalue weighted by Gasteiger charge is 2.59. The van der Waals surface area contributed by atoms with Gasteiger partial charge in [-0.05, 0) is 40.7 Å². The lowest BCUT2D eigenvalue weighted by molar-refractivity contribution is -0.151. The normalized spacial score (nSPS) is 28.6. The first-order valence-corrected chi connectivity index (χ1v) is 7.73. The third-order valence-electron chi connectivity index (χ3n) is 4.73. The van der Waals surface area contributed by atoms with Gasteiger partial charge in [0, 0.05) is 26.2 Å². The molecule has 0 bridgehead atoms. The van der Waals surface area contributed by atoms with Crippen molar-refractivity contribution in [3.05, 3.63) is 0 Å². The number of hydrogen-bond donors (Lipinski definition) is 0. The first-order valence-electron chi connectivity index (χ1n) is 7.73. The molecular weight excluding hydrogens is 270 g/mol. The topological polar surface area (TPSA) is 53.1 Å². The molecule has 21 heavy (non-hydrogen) atoms. The summed E-state index contributed by atoms with van der Waals surface area (Å²) >= 11 is 0. The smallest absolute Gasteiger partial charge is 0.410 e. The second-order valence-electron chi connectivity index (χ2n) is 7.49. The lowest BCUT2D eigenvalue weighted by Gasteiger charge is -2.49. The Morgan fingerprint density at radius 1 is 1.24 bits per heavy atom. The standard InChI is InChI=1S/C15H25N3O3/c1-14(2,3)21-13(20)17-7-8-18-11(10-17)9-16(4)15(5-6-15)12(18)19/h11H,5-10H2,1-4H3. The summed E-state index contributed by atoms with van der Waals surface area (Å²) in [7, 11) is 2.02. The summed E-state index contributed by atoms with van der Waals surface area (Å²) in [6.45, 7) is 8.21. The zero-order valence-corrected chi connectivity index (χ0v) is 13.4. The number of fused-ring (bicyclic) bond motifs is 1. The molecular formula is C15H25N3O3. The lowest BCUT2D eigenvalue weighted by Crippen LogP contribution is -2.68. The van der Waals surface area contributed by atoms with Crippen LogP contribution in [0.25, 0.3) is 0 Å².